The summed E-state index contributed by atoms with van der Waals surface area (Å²) in [6.07, 6.45) is 0.687. The predicted octanol–water partition coefficient (Wildman–Crippen LogP) is 5.82. The van der Waals surface area contributed by atoms with Gasteiger partial charge in [0.1, 0.15) is 0 Å². The average Bonchev–Trinajstić information content (AvgIpc) is 3.23. The smallest absolute Gasteiger partial charge is 0.253 e. The molecule has 3 rings (SSSR count). The Morgan fingerprint density at radius 1 is 1.09 bits per heavy atom. The summed E-state index contributed by atoms with van der Waals surface area (Å²) in [5, 5.41) is 15.9. The minimum atomic E-state index is -0.343. The molecule has 7 nitrogen and oxygen atoms in total. The van der Waals surface area contributed by atoms with Gasteiger partial charge in [0, 0.05) is 12.2 Å². The minimum Gasteiger partial charge on any atom is -0.342 e. The second kappa shape index (κ2) is 12.2. The largest absolute Gasteiger partial charge is 0.342 e. The molecular formula is C26H32ClN5O2S. The molecule has 1 aromatic heterocycles. The first-order valence-corrected chi connectivity index (χ1v) is 13.0. The Hall–Kier alpha value is -2.84. The Kier molecular flexibility index (Phi) is 9.34. The molecule has 0 spiro atoms. The van der Waals surface area contributed by atoms with Gasteiger partial charge >= 0.3 is 0 Å². The number of rotatable bonds is 10. The van der Waals surface area contributed by atoms with Crippen LogP contribution >= 0.6 is 23.4 Å². The van der Waals surface area contributed by atoms with Crippen molar-refractivity contribution in [3.63, 3.8) is 0 Å². The minimum absolute atomic E-state index is 0.110. The van der Waals surface area contributed by atoms with Crippen molar-refractivity contribution in [3.05, 3.63) is 70.0 Å². The number of carbonyl (C=O) groups is 2. The van der Waals surface area contributed by atoms with Gasteiger partial charge in [-0.3, -0.25) is 9.59 Å². The maximum absolute atomic E-state index is 13.0. The molecule has 0 bridgehead atoms. The fourth-order valence-electron chi connectivity index (χ4n) is 3.75. The van der Waals surface area contributed by atoms with Gasteiger partial charge in [-0.15, -0.1) is 10.2 Å². The molecule has 3 aromatic rings. The number of amides is 2. The van der Waals surface area contributed by atoms with Crippen molar-refractivity contribution >= 4 is 40.9 Å². The molecule has 0 aliphatic heterocycles. The van der Waals surface area contributed by atoms with Crippen molar-refractivity contribution in [2.75, 3.05) is 11.1 Å². The molecule has 0 saturated carbocycles. The Bertz CT molecular complexity index is 1190. The lowest BCUT2D eigenvalue weighted by Crippen LogP contribution is -2.31. The zero-order valence-electron chi connectivity index (χ0n) is 20.8. The molecular weight excluding hydrogens is 482 g/mol. The van der Waals surface area contributed by atoms with E-state index in [1.165, 1.54) is 11.8 Å². The highest BCUT2D eigenvalue weighted by molar-refractivity contribution is 7.99. The number of benzene rings is 2. The van der Waals surface area contributed by atoms with Gasteiger partial charge in [-0.25, -0.2) is 0 Å². The molecule has 0 aliphatic carbocycles. The first kappa shape index (κ1) is 26.8. The summed E-state index contributed by atoms with van der Waals surface area (Å²) in [5.74, 6) is 0.814. The van der Waals surface area contributed by atoms with E-state index in [4.69, 9.17) is 11.6 Å². The maximum atomic E-state index is 13.0. The molecule has 2 aromatic carbocycles. The number of aryl methyl sites for hydroxylation is 1. The summed E-state index contributed by atoms with van der Waals surface area (Å²) in [4.78, 5) is 25.6. The fraction of sp³-hybridized carbons (Fsp3) is 0.385. The van der Waals surface area contributed by atoms with E-state index in [1.807, 2.05) is 43.5 Å². The molecule has 9 heteroatoms. The van der Waals surface area contributed by atoms with E-state index in [2.05, 4.69) is 34.7 Å². The molecule has 1 atom stereocenters. The van der Waals surface area contributed by atoms with E-state index in [-0.39, 0.29) is 23.6 Å². The van der Waals surface area contributed by atoms with Gasteiger partial charge in [-0.2, -0.15) is 0 Å². The highest BCUT2D eigenvalue weighted by Crippen LogP contribution is 2.26. The maximum Gasteiger partial charge on any atom is 0.253 e. The third kappa shape index (κ3) is 6.86. The highest BCUT2D eigenvalue weighted by Gasteiger charge is 2.25. The normalized spacial score (nSPS) is 12.0. The summed E-state index contributed by atoms with van der Waals surface area (Å²) < 4.78 is 1.95. The zero-order valence-corrected chi connectivity index (χ0v) is 22.3. The average molecular weight is 514 g/mol. The van der Waals surface area contributed by atoms with Gasteiger partial charge in [0.15, 0.2) is 11.0 Å². The number of hydrogen-bond acceptors (Lipinski definition) is 5. The number of nitrogens with zero attached hydrogens (tertiary/aromatic N) is 3. The monoisotopic (exact) mass is 513 g/mol. The quantitative estimate of drug-likeness (QED) is 0.333. The van der Waals surface area contributed by atoms with Crippen molar-refractivity contribution in [3.8, 4) is 0 Å². The van der Waals surface area contributed by atoms with Crippen LogP contribution in [0.15, 0.2) is 47.6 Å². The second-order valence-electron chi connectivity index (χ2n) is 8.80. The van der Waals surface area contributed by atoms with Crippen molar-refractivity contribution in [1.29, 1.82) is 0 Å². The topological polar surface area (TPSA) is 88.9 Å². The Morgan fingerprint density at radius 3 is 2.51 bits per heavy atom. The second-order valence-corrected chi connectivity index (χ2v) is 10.2. The van der Waals surface area contributed by atoms with Gasteiger partial charge in [0.2, 0.25) is 5.91 Å². The summed E-state index contributed by atoms with van der Waals surface area (Å²) in [7, 11) is 0. The zero-order chi connectivity index (χ0) is 25.5. The SMILES string of the molecule is CCn1c(SCC(=O)Nc2cccc(C)c2C)nnc1[C@@H](CC(C)C)NC(=O)c1ccccc1Cl. The standard InChI is InChI=1S/C26H32ClN5O2S/c1-6-32-24(22(14-16(2)3)29-25(34)19-11-7-8-12-20(19)27)30-31-26(32)35-15-23(33)28-21-13-9-10-17(4)18(21)5/h7-13,16,22H,6,14-15H2,1-5H3,(H,28,33)(H,29,34)/t22-/m1/s1. The number of nitrogens with one attached hydrogen (secondary N) is 2. The van der Waals surface area contributed by atoms with Gasteiger partial charge < -0.3 is 15.2 Å². The Morgan fingerprint density at radius 2 is 1.83 bits per heavy atom. The molecule has 0 saturated heterocycles. The van der Waals surface area contributed by atoms with Crippen molar-refractivity contribution in [2.24, 2.45) is 5.92 Å². The first-order chi connectivity index (χ1) is 16.7. The molecule has 1 heterocycles. The molecule has 2 N–H and O–H groups in total. The number of aromatic nitrogens is 3. The van der Waals surface area contributed by atoms with Crippen LogP contribution in [-0.4, -0.2) is 32.3 Å². The lowest BCUT2D eigenvalue weighted by atomic mass is 10.0. The fourth-order valence-corrected chi connectivity index (χ4v) is 4.78. The third-order valence-corrected chi connectivity index (χ3v) is 7.01. The molecule has 186 valence electrons. The molecule has 35 heavy (non-hydrogen) atoms. The van der Waals surface area contributed by atoms with Gasteiger partial charge in [0.05, 0.1) is 22.4 Å². The predicted molar refractivity (Wildman–Crippen MR) is 142 cm³/mol. The summed E-state index contributed by atoms with van der Waals surface area (Å²) in [6, 6.07) is 12.5. The summed E-state index contributed by atoms with van der Waals surface area (Å²) in [6.45, 7) is 10.8. The molecule has 0 aliphatic rings. The molecule has 0 radical (unpaired) electrons. The van der Waals surface area contributed by atoms with Gasteiger partial charge in [-0.1, -0.05) is 61.5 Å². The van der Waals surface area contributed by atoms with Crippen LogP contribution in [0.25, 0.3) is 0 Å². The molecule has 0 fully saturated rings. The molecule has 0 unspecified atom stereocenters. The van der Waals surface area contributed by atoms with Crippen LogP contribution in [0.4, 0.5) is 5.69 Å². The van der Waals surface area contributed by atoms with E-state index in [0.29, 0.717) is 40.5 Å². The number of carbonyl (C=O) groups excluding carboxylic acids is 2. The van der Waals surface area contributed by atoms with E-state index in [0.717, 1.165) is 16.8 Å². The number of halogens is 1. The Balaban J connectivity index is 1.75. The third-order valence-electron chi connectivity index (χ3n) is 5.72. The number of anilines is 1. The Labute approximate surface area is 216 Å². The van der Waals surface area contributed by atoms with Gasteiger partial charge in [0.25, 0.3) is 5.91 Å². The van der Waals surface area contributed by atoms with Crippen LogP contribution in [-0.2, 0) is 11.3 Å². The lowest BCUT2D eigenvalue weighted by Gasteiger charge is -2.21. The van der Waals surface area contributed by atoms with Crippen LogP contribution in [0.3, 0.4) is 0 Å². The van der Waals surface area contributed by atoms with E-state index in [9.17, 15) is 9.59 Å². The van der Waals surface area contributed by atoms with Crippen LogP contribution in [0, 0.1) is 19.8 Å². The van der Waals surface area contributed by atoms with E-state index >= 15 is 0 Å². The number of thioether (sulfide) groups is 1. The highest BCUT2D eigenvalue weighted by atomic mass is 35.5. The molecule has 2 amide bonds. The van der Waals surface area contributed by atoms with Crippen LogP contribution < -0.4 is 10.6 Å². The summed E-state index contributed by atoms with van der Waals surface area (Å²) >= 11 is 7.56. The van der Waals surface area contributed by atoms with E-state index < -0.39 is 0 Å². The van der Waals surface area contributed by atoms with Crippen LogP contribution in [0.5, 0.6) is 0 Å². The lowest BCUT2D eigenvalue weighted by molar-refractivity contribution is -0.113. The van der Waals surface area contributed by atoms with Crippen LogP contribution in [0.1, 0.15) is 60.5 Å². The number of hydrogen-bond donors (Lipinski definition) is 2. The van der Waals surface area contributed by atoms with E-state index in [1.54, 1.807) is 24.3 Å². The van der Waals surface area contributed by atoms with Gasteiger partial charge in [-0.05, 0) is 62.4 Å². The van der Waals surface area contributed by atoms with Crippen LogP contribution in [0.2, 0.25) is 5.02 Å². The van der Waals surface area contributed by atoms with Crippen molar-refractivity contribution in [1.82, 2.24) is 20.1 Å². The summed E-state index contributed by atoms with van der Waals surface area (Å²) in [5.41, 5.74) is 3.41. The van der Waals surface area contributed by atoms with Crippen molar-refractivity contribution < 1.29 is 9.59 Å². The van der Waals surface area contributed by atoms with Crippen molar-refractivity contribution in [2.45, 2.75) is 58.8 Å². The first-order valence-electron chi connectivity index (χ1n) is 11.7.